The molecular formula is C41H46F3N5O4. The van der Waals surface area contributed by atoms with Crippen LogP contribution in [-0.2, 0) is 28.8 Å². The highest BCUT2D eigenvalue weighted by atomic mass is 19.4. The number of carbonyl (C=O) groups excluding carboxylic acids is 3. The number of anilines is 2. The fourth-order valence-electron chi connectivity index (χ4n) is 6.31. The molecule has 9 nitrogen and oxygen atoms in total. The maximum absolute atomic E-state index is 13.7. The summed E-state index contributed by atoms with van der Waals surface area (Å²) in [6.07, 6.45) is 1.98. The van der Waals surface area contributed by atoms with Gasteiger partial charge in [-0.25, -0.2) is 0 Å². The normalized spacial score (nSPS) is 13.2. The molecule has 2 amide bonds. The number of pyridine rings is 1. The molecule has 3 aromatic carbocycles. The first-order valence-corrected chi connectivity index (χ1v) is 17.9. The lowest BCUT2D eigenvalue weighted by Gasteiger charge is -2.29. The first-order valence-electron chi connectivity index (χ1n) is 17.9. The summed E-state index contributed by atoms with van der Waals surface area (Å²) in [4.78, 5) is 48.0. The molecule has 53 heavy (non-hydrogen) atoms. The number of piperidine rings is 1. The molecule has 2 heterocycles. The van der Waals surface area contributed by atoms with Gasteiger partial charge in [0, 0.05) is 87.9 Å². The van der Waals surface area contributed by atoms with Crippen LogP contribution in [0.3, 0.4) is 0 Å². The second kappa shape index (κ2) is 18.6. The third-order valence-corrected chi connectivity index (χ3v) is 9.20. The molecule has 12 heteroatoms. The van der Waals surface area contributed by atoms with Gasteiger partial charge in [-0.05, 0) is 98.5 Å². The maximum Gasteiger partial charge on any atom is 0.416 e. The number of ether oxygens (including phenoxy) is 1. The number of carbonyl (C=O) groups is 3. The van der Waals surface area contributed by atoms with Gasteiger partial charge in [-0.2, -0.15) is 13.2 Å². The van der Waals surface area contributed by atoms with Crippen molar-refractivity contribution in [3.63, 3.8) is 0 Å². The Labute approximate surface area is 308 Å². The van der Waals surface area contributed by atoms with Gasteiger partial charge in [0.1, 0.15) is 5.78 Å². The fraction of sp³-hybridized carbons (Fsp3) is 0.366. The van der Waals surface area contributed by atoms with Gasteiger partial charge in [-0.3, -0.25) is 19.4 Å². The molecule has 0 saturated carbocycles. The van der Waals surface area contributed by atoms with Crippen LogP contribution in [0, 0.1) is 0 Å². The van der Waals surface area contributed by atoms with Crippen LogP contribution >= 0.6 is 0 Å². The molecule has 4 aromatic rings. The Morgan fingerprint density at radius 3 is 2.40 bits per heavy atom. The van der Waals surface area contributed by atoms with Crippen molar-refractivity contribution < 1.29 is 32.3 Å². The van der Waals surface area contributed by atoms with Gasteiger partial charge in [-0.1, -0.05) is 24.3 Å². The lowest BCUT2D eigenvalue weighted by Crippen LogP contribution is -2.29. The van der Waals surface area contributed by atoms with Crippen LogP contribution in [0.5, 0.6) is 0 Å². The lowest BCUT2D eigenvalue weighted by molar-refractivity contribution is -0.137. The standard InChI is InChI=1S/C41H46F3N5O4/c1-48(21-17-35(50)13-8-22-53-2)28-30-10-6-11-31(23-30)40(52)47-37-15-14-34(49-19-4-3-5-20-49)26-36(37)38-25-32(16-18-45-38)39(51)46-27-29-9-7-12-33(24-29)41(42,43)44/h6-7,9-12,14-16,18,23-26H,3-5,8,13,17,19-22,27-28H2,1-2H3,(H,46,51)(H,47,52). The molecule has 0 bridgehead atoms. The van der Waals surface area contributed by atoms with E-state index in [4.69, 9.17) is 4.74 Å². The van der Waals surface area contributed by atoms with Crippen molar-refractivity contribution in [3.05, 3.63) is 113 Å². The molecule has 5 rings (SSSR count). The summed E-state index contributed by atoms with van der Waals surface area (Å²) >= 11 is 0. The van der Waals surface area contributed by atoms with Gasteiger partial charge in [0.25, 0.3) is 11.8 Å². The minimum absolute atomic E-state index is 0.0893. The van der Waals surface area contributed by atoms with Crippen LogP contribution in [0.4, 0.5) is 24.5 Å². The first-order chi connectivity index (χ1) is 25.5. The number of nitrogens with one attached hydrogen (secondary N) is 2. The zero-order valence-corrected chi connectivity index (χ0v) is 30.2. The van der Waals surface area contributed by atoms with Gasteiger partial charge in [0.2, 0.25) is 0 Å². The largest absolute Gasteiger partial charge is 0.416 e. The highest BCUT2D eigenvalue weighted by Gasteiger charge is 2.30. The smallest absolute Gasteiger partial charge is 0.385 e. The number of alkyl halides is 3. The van der Waals surface area contributed by atoms with E-state index >= 15 is 0 Å². The number of hydrogen-bond donors (Lipinski definition) is 2. The van der Waals surface area contributed by atoms with Crippen LogP contribution < -0.4 is 15.5 Å². The lowest BCUT2D eigenvalue weighted by atomic mass is 10.0. The van der Waals surface area contributed by atoms with E-state index in [9.17, 15) is 27.6 Å². The Morgan fingerprint density at radius 2 is 1.62 bits per heavy atom. The quantitative estimate of drug-likeness (QED) is 0.114. The zero-order chi connectivity index (χ0) is 37.8. The second-order valence-electron chi connectivity index (χ2n) is 13.4. The van der Waals surface area contributed by atoms with Crippen molar-refractivity contribution in [2.45, 2.75) is 57.8 Å². The van der Waals surface area contributed by atoms with Gasteiger partial charge in [0.05, 0.1) is 16.9 Å². The predicted molar refractivity (Wildman–Crippen MR) is 200 cm³/mol. The predicted octanol–water partition coefficient (Wildman–Crippen LogP) is 7.76. The number of ketones is 1. The van der Waals surface area contributed by atoms with E-state index in [1.54, 1.807) is 19.2 Å². The van der Waals surface area contributed by atoms with Crippen molar-refractivity contribution >= 4 is 29.0 Å². The number of benzene rings is 3. The van der Waals surface area contributed by atoms with Crippen molar-refractivity contribution in [2.24, 2.45) is 0 Å². The van der Waals surface area contributed by atoms with E-state index in [0.717, 1.165) is 49.3 Å². The Bertz CT molecular complexity index is 1880. The molecule has 1 fully saturated rings. The molecule has 0 atom stereocenters. The Hall–Kier alpha value is -5.07. The number of Topliss-reactive ketones (excluding diaryl/α,β-unsaturated/α-hetero) is 1. The number of hydrogen-bond acceptors (Lipinski definition) is 7. The summed E-state index contributed by atoms with van der Waals surface area (Å²) < 4.78 is 44.6. The van der Waals surface area contributed by atoms with E-state index in [-0.39, 0.29) is 23.8 Å². The van der Waals surface area contributed by atoms with Crippen molar-refractivity contribution in [3.8, 4) is 11.3 Å². The number of rotatable bonds is 16. The average Bonchev–Trinajstić information content (AvgIpc) is 3.16. The number of nitrogens with zero attached hydrogens (tertiary/aromatic N) is 3. The molecule has 0 radical (unpaired) electrons. The third kappa shape index (κ3) is 11.5. The summed E-state index contributed by atoms with van der Waals surface area (Å²) in [5.41, 5.74) is 3.78. The molecule has 280 valence electrons. The molecule has 1 aromatic heterocycles. The molecule has 0 aliphatic carbocycles. The van der Waals surface area contributed by atoms with Crippen LogP contribution in [0.25, 0.3) is 11.3 Å². The topological polar surface area (TPSA) is 104 Å². The zero-order valence-electron chi connectivity index (χ0n) is 30.2. The molecule has 2 N–H and O–H groups in total. The van der Waals surface area contributed by atoms with E-state index in [1.807, 2.05) is 43.4 Å². The van der Waals surface area contributed by atoms with Crippen molar-refractivity contribution in [2.75, 3.05) is 50.6 Å². The average molecular weight is 730 g/mol. The van der Waals surface area contributed by atoms with Gasteiger partial charge in [0.15, 0.2) is 0 Å². The summed E-state index contributed by atoms with van der Waals surface area (Å²) in [6.45, 7) is 3.45. The van der Waals surface area contributed by atoms with E-state index in [1.165, 1.54) is 30.8 Å². The number of halogens is 3. The molecule has 1 aliphatic heterocycles. The van der Waals surface area contributed by atoms with E-state index < -0.39 is 17.6 Å². The van der Waals surface area contributed by atoms with E-state index in [0.29, 0.717) is 67.0 Å². The number of aromatic nitrogens is 1. The fourth-order valence-corrected chi connectivity index (χ4v) is 6.31. The number of amides is 2. The molecule has 1 aliphatic rings. The Balaban J connectivity index is 1.32. The maximum atomic E-state index is 13.7. The van der Waals surface area contributed by atoms with Crippen LogP contribution in [0.1, 0.15) is 75.9 Å². The van der Waals surface area contributed by atoms with Crippen LogP contribution in [-0.4, -0.2) is 67.9 Å². The van der Waals surface area contributed by atoms with Crippen molar-refractivity contribution in [1.29, 1.82) is 0 Å². The van der Waals surface area contributed by atoms with Crippen molar-refractivity contribution in [1.82, 2.24) is 15.2 Å². The van der Waals surface area contributed by atoms with Gasteiger partial charge < -0.3 is 25.2 Å². The summed E-state index contributed by atoms with van der Waals surface area (Å²) in [7, 11) is 3.56. The molecule has 1 saturated heterocycles. The van der Waals surface area contributed by atoms with E-state index in [2.05, 4.69) is 25.4 Å². The highest BCUT2D eigenvalue weighted by molar-refractivity contribution is 6.06. The summed E-state index contributed by atoms with van der Waals surface area (Å²) in [6, 6.07) is 21.1. The minimum Gasteiger partial charge on any atom is -0.385 e. The van der Waals surface area contributed by atoms with Crippen LogP contribution in [0.2, 0.25) is 0 Å². The Morgan fingerprint density at radius 1 is 0.868 bits per heavy atom. The van der Waals surface area contributed by atoms with Crippen LogP contribution in [0.15, 0.2) is 85.1 Å². The minimum atomic E-state index is -4.48. The second-order valence-corrected chi connectivity index (χ2v) is 13.4. The third-order valence-electron chi connectivity index (χ3n) is 9.20. The Kier molecular flexibility index (Phi) is 13.7. The molecule has 0 unspecified atom stereocenters. The number of methoxy groups -OCH3 is 1. The highest BCUT2D eigenvalue weighted by Crippen LogP contribution is 2.33. The summed E-state index contributed by atoms with van der Waals surface area (Å²) in [5, 5.41) is 5.76. The summed E-state index contributed by atoms with van der Waals surface area (Å²) in [5.74, 6) is -0.592. The SMILES string of the molecule is COCCCC(=O)CCN(C)Cc1cccc(C(=O)Nc2ccc(N3CCCCC3)cc2-c2cc(C(=O)NCc3cccc(C(F)(F)F)c3)ccn2)c1. The van der Waals surface area contributed by atoms with Gasteiger partial charge >= 0.3 is 6.18 Å². The van der Waals surface area contributed by atoms with Gasteiger partial charge in [-0.15, -0.1) is 0 Å². The monoisotopic (exact) mass is 729 g/mol. The first kappa shape index (κ1) is 39.1. The molecule has 0 spiro atoms. The molecular weight excluding hydrogens is 683 g/mol.